The van der Waals surface area contributed by atoms with Gasteiger partial charge in [0, 0.05) is 31.4 Å². The van der Waals surface area contributed by atoms with Crippen molar-refractivity contribution < 1.29 is 19.5 Å². The molecule has 0 bridgehead atoms. The zero-order valence-corrected chi connectivity index (χ0v) is 8.82. The summed E-state index contributed by atoms with van der Waals surface area (Å²) in [4.78, 5) is 19.1. The van der Waals surface area contributed by atoms with Crippen molar-refractivity contribution in [3.63, 3.8) is 0 Å². The van der Waals surface area contributed by atoms with Crippen molar-refractivity contribution in [3.05, 3.63) is 52.9 Å². The van der Waals surface area contributed by atoms with Gasteiger partial charge in [0.05, 0.1) is 0 Å². The molecule has 2 aromatic heterocycles. The Bertz CT molecular complexity index is 453. The number of pyridine rings is 2. The summed E-state index contributed by atoms with van der Waals surface area (Å²) in [6.07, 6.45) is 3.17. The van der Waals surface area contributed by atoms with Gasteiger partial charge in [0.15, 0.2) is 5.43 Å². The number of hydrogen-bond acceptors (Lipinski definition) is 2. The average molecular weight is 274 g/mol. The van der Waals surface area contributed by atoms with Gasteiger partial charge in [-0.15, -0.1) is 5.69 Å². The Morgan fingerprint density at radius 2 is 2.07 bits per heavy atom. The zero-order valence-electron chi connectivity index (χ0n) is 7.18. The third kappa shape index (κ3) is 2.36. The quantitative estimate of drug-likeness (QED) is 0.730. The van der Waals surface area contributed by atoms with Gasteiger partial charge in [0.1, 0.15) is 0 Å². The van der Waals surface area contributed by atoms with E-state index in [2.05, 4.69) is 9.97 Å². The molecule has 0 aliphatic carbocycles. The summed E-state index contributed by atoms with van der Waals surface area (Å²) in [5, 5.41) is 0. The van der Waals surface area contributed by atoms with Gasteiger partial charge in [0.2, 0.25) is 0 Å². The van der Waals surface area contributed by atoms with Crippen LogP contribution in [0.1, 0.15) is 0 Å². The van der Waals surface area contributed by atoms with Crippen LogP contribution in [-0.4, -0.2) is 4.98 Å². The van der Waals surface area contributed by atoms with E-state index in [1.54, 1.807) is 6.20 Å². The second-order valence-electron chi connectivity index (χ2n) is 2.59. The SMILES string of the molecule is O=c1cc[n-]c(-c2ccccn2)c1.[Rh]. The van der Waals surface area contributed by atoms with Crippen LogP contribution in [0, 0.1) is 0 Å². The molecular weight excluding hydrogens is 267 g/mol. The Kier molecular flexibility index (Phi) is 3.72. The molecule has 0 amide bonds. The molecule has 2 aromatic rings. The molecule has 14 heavy (non-hydrogen) atoms. The van der Waals surface area contributed by atoms with E-state index in [-0.39, 0.29) is 24.9 Å². The normalized spacial score (nSPS) is 9.14. The van der Waals surface area contributed by atoms with Crippen molar-refractivity contribution in [3.8, 4) is 11.4 Å². The molecule has 0 saturated carbocycles. The van der Waals surface area contributed by atoms with E-state index in [9.17, 15) is 4.79 Å². The van der Waals surface area contributed by atoms with Crippen molar-refractivity contribution in [2.24, 2.45) is 0 Å². The largest absolute Gasteiger partial charge is 0.662 e. The first-order valence-electron chi connectivity index (χ1n) is 3.91. The number of hydrogen-bond donors (Lipinski definition) is 0. The van der Waals surface area contributed by atoms with Gasteiger partial charge in [-0.1, -0.05) is 6.07 Å². The maximum Gasteiger partial charge on any atom is 0.175 e. The van der Waals surface area contributed by atoms with Crippen LogP contribution >= 0.6 is 0 Å². The molecule has 0 saturated heterocycles. The summed E-state index contributed by atoms with van der Waals surface area (Å²) < 4.78 is 0. The Balaban J connectivity index is 0.000000980. The fourth-order valence-electron chi connectivity index (χ4n) is 1.07. The van der Waals surface area contributed by atoms with Crippen molar-refractivity contribution in [2.75, 3.05) is 0 Å². The van der Waals surface area contributed by atoms with Crippen LogP contribution in [0.5, 0.6) is 0 Å². The molecule has 0 aromatic carbocycles. The van der Waals surface area contributed by atoms with E-state index in [1.165, 1.54) is 18.3 Å². The summed E-state index contributed by atoms with van der Waals surface area (Å²) >= 11 is 0. The Labute approximate surface area is 94.0 Å². The van der Waals surface area contributed by atoms with Crippen LogP contribution in [-0.2, 0) is 19.5 Å². The van der Waals surface area contributed by atoms with Gasteiger partial charge >= 0.3 is 0 Å². The maximum absolute atomic E-state index is 11.0. The molecule has 3 nitrogen and oxygen atoms in total. The average Bonchev–Trinajstić information content (AvgIpc) is 2.19. The standard InChI is InChI=1S/C10H8N2O.Rh/c13-8-4-6-12-10(7-8)9-3-1-2-5-11-9;/h1-7H,(H,12,13);/p-1. The summed E-state index contributed by atoms with van der Waals surface area (Å²) in [5.41, 5.74) is 1.30. The van der Waals surface area contributed by atoms with Gasteiger partial charge in [0.25, 0.3) is 0 Å². The molecule has 4 heteroatoms. The summed E-state index contributed by atoms with van der Waals surface area (Å²) in [6.45, 7) is 0. The molecule has 0 spiro atoms. The van der Waals surface area contributed by atoms with Crippen LogP contribution in [0.25, 0.3) is 11.4 Å². The zero-order chi connectivity index (χ0) is 9.10. The molecule has 0 fully saturated rings. The van der Waals surface area contributed by atoms with E-state index in [0.717, 1.165) is 5.69 Å². The molecule has 1 radical (unpaired) electrons. The first-order valence-corrected chi connectivity index (χ1v) is 3.91. The Morgan fingerprint density at radius 1 is 1.21 bits per heavy atom. The molecular formula is C10H7N2ORh-. The van der Waals surface area contributed by atoms with Gasteiger partial charge in [-0.3, -0.25) is 9.78 Å². The molecule has 2 rings (SSSR count). The smallest absolute Gasteiger partial charge is 0.175 e. The van der Waals surface area contributed by atoms with Gasteiger partial charge in [-0.25, -0.2) is 0 Å². The first kappa shape index (κ1) is 10.8. The second kappa shape index (κ2) is 4.82. The van der Waals surface area contributed by atoms with Crippen LogP contribution in [0.3, 0.4) is 0 Å². The summed E-state index contributed by atoms with van der Waals surface area (Å²) in [7, 11) is 0. The number of rotatable bonds is 1. The first-order chi connectivity index (χ1) is 6.36. The fraction of sp³-hybridized carbons (Fsp3) is 0. The summed E-state index contributed by atoms with van der Waals surface area (Å²) in [6, 6.07) is 8.41. The Hall–Kier alpha value is -1.28. The predicted octanol–water partition coefficient (Wildman–Crippen LogP) is 1.06. The van der Waals surface area contributed by atoms with Crippen LogP contribution in [0.4, 0.5) is 0 Å². The molecule has 0 N–H and O–H groups in total. The molecule has 0 atom stereocenters. The van der Waals surface area contributed by atoms with E-state index in [1.807, 2.05) is 18.2 Å². The Morgan fingerprint density at radius 3 is 2.71 bits per heavy atom. The minimum atomic E-state index is -0.0457. The maximum atomic E-state index is 11.0. The topological polar surface area (TPSA) is 44.1 Å². The van der Waals surface area contributed by atoms with Crippen LogP contribution in [0.2, 0.25) is 0 Å². The third-order valence-corrected chi connectivity index (χ3v) is 1.66. The fourth-order valence-corrected chi connectivity index (χ4v) is 1.07. The molecule has 0 aliphatic rings. The molecule has 2 heterocycles. The van der Waals surface area contributed by atoms with Crippen molar-refractivity contribution in [2.45, 2.75) is 0 Å². The van der Waals surface area contributed by atoms with E-state index >= 15 is 0 Å². The minimum Gasteiger partial charge on any atom is -0.662 e. The summed E-state index contributed by atoms with van der Waals surface area (Å²) in [5.74, 6) is 0. The number of nitrogens with zero attached hydrogens (tertiary/aromatic N) is 2. The van der Waals surface area contributed by atoms with Gasteiger partial charge < -0.3 is 4.98 Å². The van der Waals surface area contributed by atoms with E-state index in [0.29, 0.717) is 5.69 Å². The van der Waals surface area contributed by atoms with Crippen molar-refractivity contribution in [1.29, 1.82) is 0 Å². The molecule has 0 aliphatic heterocycles. The van der Waals surface area contributed by atoms with Gasteiger partial charge in [-0.05, 0) is 24.3 Å². The van der Waals surface area contributed by atoms with Crippen LogP contribution in [0.15, 0.2) is 47.5 Å². The third-order valence-electron chi connectivity index (χ3n) is 1.66. The van der Waals surface area contributed by atoms with E-state index < -0.39 is 0 Å². The second-order valence-corrected chi connectivity index (χ2v) is 2.59. The van der Waals surface area contributed by atoms with Crippen molar-refractivity contribution >= 4 is 0 Å². The minimum absolute atomic E-state index is 0. The van der Waals surface area contributed by atoms with Crippen LogP contribution < -0.4 is 10.4 Å². The molecule has 0 unspecified atom stereocenters. The van der Waals surface area contributed by atoms with Crippen molar-refractivity contribution in [1.82, 2.24) is 9.97 Å². The number of aromatic nitrogens is 2. The van der Waals surface area contributed by atoms with Gasteiger partial charge in [-0.2, -0.15) is 6.20 Å². The van der Waals surface area contributed by atoms with E-state index in [4.69, 9.17) is 0 Å². The molecule has 73 valence electrons. The monoisotopic (exact) mass is 274 g/mol. The predicted molar refractivity (Wildman–Crippen MR) is 49.3 cm³/mol.